The topological polar surface area (TPSA) is 83.3 Å². The second kappa shape index (κ2) is 6.91. The zero-order valence-electron chi connectivity index (χ0n) is 14.2. The van der Waals surface area contributed by atoms with Crippen molar-refractivity contribution < 1.29 is 18.7 Å². The Labute approximate surface area is 148 Å². The van der Waals surface area contributed by atoms with Crippen LogP contribution in [0.3, 0.4) is 0 Å². The van der Waals surface area contributed by atoms with Crippen molar-refractivity contribution >= 4 is 16.9 Å². The molecular formula is C18H16FN3O4. The van der Waals surface area contributed by atoms with Gasteiger partial charge in [0, 0.05) is 0 Å². The Kier molecular flexibility index (Phi) is 4.66. The molecule has 8 heteroatoms. The first kappa shape index (κ1) is 17.5. The largest absolute Gasteiger partial charge is 0.476 e. The number of hydrogen-bond acceptors (Lipinski definition) is 6. The van der Waals surface area contributed by atoms with E-state index < -0.39 is 29.7 Å². The number of carbonyl (C=O) groups excluding carboxylic acids is 1. The number of fused-ring (bicyclic) bond motifs is 1. The molecule has 1 aromatic heterocycles. The van der Waals surface area contributed by atoms with Gasteiger partial charge in [0.1, 0.15) is 17.1 Å². The molecule has 0 aliphatic rings. The molecular weight excluding hydrogens is 341 g/mol. The van der Waals surface area contributed by atoms with E-state index in [0.29, 0.717) is 16.7 Å². The molecule has 0 spiro atoms. The predicted molar refractivity (Wildman–Crippen MR) is 91.0 cm³/mol. The average molecular weight is 357 g/mol. The van der Waals surface area contributed by atoms with Crippen LogP contribution in [0.1, 0.15) is 13.8 Å². The standard InChI is InChI=1S/C18H16FN3O4/c1-18(2,26-13-9-7-12(19)8-10-13)17(24)25-11-22-16(23)14-5-3-4-6-15(14)20-21-22/h3-10H,11H2,1-2H3. The average Bonchev–Trinajstić information content (AvgIpc) is 2.63. The molecule has 2 aromatic carbocycles. The third kappa shape index (κ3) is 3.69. The highest BCUT2D eigenvalue weighted by atomic mass is 19.1. The summed E-state index contributed by atoms with van der Waals surface area (Å²) < 4.78 is 24.6. The van der Waals surface area contributed by atoms with Crippen LogP contribution in [-0.2, 0) is 16.3 Å². The monoisotopic (exact) mass is 357 g/mol. The quantitative estimate of drug-likeness (QED) is 0.652. The number of ether oxygens (including phenoxy) is 2. The molecule has 0 radical (unpaired) electrons. The maximum atomic E-state index is 12.9. The van der Waals surface area contributed by atoms with Crippen molar-refractivity contribution in [1.82, 2.24) is 15.0 Å². The van der Waals surface area contributed by atoms with E-state index in [4.69, 9.17) is 9.47 Å². The van der Waals surface area contributed by atoms with Crippen LogP contribution < -0.4 is 10.3 Å². The molecule has 0 fully saturated rings. The molecule has 0 bridgehead atoms. The highest BCUT2D eigenvalue weighted by Gasteiger charge is 2.32. The lowest BCUT2D eigenvalue weighted by Crippen LogP contribution is -2.40. The van der Waals surface area contributed by atoms with E-state index in [1.54, 1.807) is 24.3 Å². The first-order valence-corrected chi connectivity index (χ1v) is 7.81. The van der Waals surface area contributed by atoms with Gasteiger partial charge in [-0.15, -0.1) is 5.10 Å². The molecule has 0 amide bonds. The molecule has 7 nitrogen and oxygen atoms in total. The van der Waals surface area contributed by atoms with Gasteiger partial charge in [-0.3, -0.25) is 4.79 Å². The highest BCUT2D eigenvalue weighted by Crippen LogP contribution is 2.20. The molecule has 0 saturated heterocycles. The summed E-state index contributed by atoms with van der Waals surface area (Å²) in [5.74, 6) is -0.799. The highest BCUT2D eigenvalue weighted by molar-refractivity contribution is 5.79. The Hall–Kier alpha value is -3.29. The van der Waals surface area contributed by atoms with E-state index in [1.807, 2.05) is 0 Å². The van der Waals surface area contributed by atoms with Gasteiger partial charge in [-0.05, 0) is 50.2 Å². The second-order valence-corrected chi connectivity index (χ2v) is 6.04. The number of nitrogens with zero attached hydrogens (tertiary/aromatic N) is 3. The Morgan fingerprint density at radius 3 is 2.58 bits per heavy atom. The summed E-state index contributed by atoms with van der Waals surface area (Å²) in [6.45, 7) is 2.62. The number of benzene rings is 2. The molecule has 134 valence electrons. The fourth-order valence-corrected chi connectivity index (χ4v) is 2.24. The molecule has 1 heterocycles. The van der Waals surface area contributed by atoms with Crippen LogP contribution in [0.5, 0.6) is 5.75 Å². The summed E-state index contributed by atoms with van der Waals surface area (Å²) in [4.78, 5) is 24.6. The molecule has 3 rings (SSSR count). The van der Waals surface area contributed by atoms with Gasteiger partial charge >= 0.3 is 5.97 Å². The zero-order chi connectivity index (χ0) is 18.7. The van der Waals surface area contributed by atoms with Crippen LogP contribution in [0.4, 0.5) is 4.39 Å². The summed E-state index contributed by atoms with van der Waals surface area (Å²) in [6, 6.07) is 12.0. The van der Waals surface area contributed by atoms with Gasteiger partial charge in [0.05, 0.1) is 5.39 Å². The Morgan fingerprint density at radius 1 is 1.15 bits per heavy atom. The lowest BCUT2D eigenvalue weighted by Gasteiger charge is -2.24. The van der Waals surface area contributed by atoms with E-state index in [9.17, 15) is 14.0 Å². The lowest BCUT2D eigenvalue weighted by atomic mass is 10.1. The summed E-state index contributed by atoms with van der Waals surface area (Å²) in [5.41, 5.74) is -1.30. The van der Waals surface area contributed by atoms with Gasteiger partial charge in [0.15, 0.2) is 12.3 Å². The molecule has 0 unspecified atom stereocenters. The number of aromatic nitrogens is 3. The van der Waals surface area contributed by atoms with Crippen LogP contribution >= 0.6 is 0 Å². The van der Waals surface area contributed by atoms with E-state index in [0.717, 1.165) is 4.68 Å². The normalized spacial score (nSPS) is 11.3. The van der Waals surface area contributed by atoms with Crippen molar-refractivity contribution in [3.8, 4) is 5.75 Å². The Balaban J connectivity index is 1.70. The molecule has 3 aromatic rings. The zero-order valence-corrected chi connectivity index (χ0v) is 14.2. The minimum Gasteiger partial charge on any atom is -0.476 e. The lowest BCUT2D eigenvalue weighted by molar-refractivity contribution is -0.164. The summed E-state index contributed by atoms with van der Waals surface area (Å²) in [5, 5.41) is 8.04. The third-order valence-corrected chi connectivity index (χ3v) is 3.63. The van der Waals surface area contributed by atoms with E-state index >= 15 is 0 Å². The van der Waals surface area contributed by atoms with E-state index in [1.165, 1.54) is 38.1 Å². The van der Waals surface area contributed by atoms with Crippen molar-refractivity contribution in [2.75, 3.05) is 0 Å². The molecule has 0 aliphatic heterocycles. The van der Waals surface area contributed by atoms with Crippen LogP contribution in [0.2, 0.25) is 0 Å². The fraction of sp³-hybridized carbons (Fsp3) is 0.222. The van der Waals surface area contributed by atoms with E-state index in [-0.39, 0.29) is 0 Å². The van der Waals surface area contributed by atoms with Gasteiger partial charge in [0.2, 0.25) is 0 Å². The van der Waals surface area contributed by atoms with E-state index in [2.05, 4.69) is 10.3 Å². The fourth-order valence-electron chi connectivity index (χ4n) is 2.24. The third-order valence-electron chi connectivity index (χ3n) is 3.63. The summed E-state index contributed by atoms with van der Waals surface area (Å²) in [6.07, 6.45) is 0. The number of hydrogen-bond donors (Lipinski definition) is 0. The van der Waals surface area contributed by atoms with Crippen LogP contribution in [-0.4, -0.2) is 26.6 Å². The predicted octanol–water partition coefficient (Wildman–Crippen LogP) is 2.29. The molecule has 26 heavy (non-hydrogen) atoms. The second-order valence-electron chi connectivity index (χ2n) is 6.04. The van der Waals surface area contributed by atoms with Crippen LogP contribution in [0.15, 0.2) is 53.3 Å². The van der Waals surface area contributed by atoms with Crippen molar-refractivity contribution in [1.29, 1.82) is 0 Å². The first-order chi connectivity index (χ1) is 12.4. The molecule has 0 aliphatic carbocycles. The minimum absolute atomic E-state index is 0.316. The number of esters is 1. The molecule has 0 saturated carbocycles. The smallest absolute Gasteiger partial charge is 0.351 e. The van der Waals surface area contributed by atoms with Gasteiger partial charge in [0.25, 0.3) is 5.56 Å². The maximum Gasteiger partial charge on any atom is 0.351 e. The SMILES string of the molecule is CC(C)(Oc1ccc(F)cc1)C(=O)OCn1nnc2ccccc2c1=O. The van der Waals surface area contributed by atoms with Crippen LogP contribution in [0, 0.1) is 5.82 Å². The summed E-state index contributed by atoms with van der Waals surface area (Å²) >= 11 is 0. The number of carbonyl (C=O) groups is 1. The van der Waals surface area contributed by atoms with Gasteiger partial charge in [-0.25, -0.2) is 9.18 Å². The van der Waals surface area contributed by atoms with Crippen molar-refractivity contribution in [2.24, 2.45) is 0 Å². The number of halogens is 1. The minimum atomic E-state index is -1.34. The van der Waals surface area contributed by atoms with Gasteiger partial charge in [-0.1, -0.05) is 17.3 Å². The van der Waals surface area contributed by atoms with Crippen molar-refractivity contribution in [2.45, 2.75) is 26.2 Å². The van der Waals surface area contributed by atoms with Crippen molar-refractivity contribution in [3.63, 3.8) is 0 Å². The van der Waals surface area contributed by atoms with Crippen LogP contribution in [0.25, 0.3) is 10.9 Å². The Morgan fingerprint density at radius 2 is 1.85 bits per heavy atom. The molecule has 0 atom stereocenters. The molecule has 0 N–H and O–H groups in total. The maximum absolute atomic E-state index is 12.9. The first-order valence-electron chi connectivity index (χ1n) is 7.81. The van der Waals surface area contributed by atoms with Gasteiger partial charge < -0.3 is 9.47 Å². The van der Waals surface area contributed by atoms with Gasteiger partial charge in [-0.2, -0.15) is 4.68 Å². The Bertz CT molecular complexity index is 999. The van der Waals surface area contributed by atoms with Crippen molar-refractivity contribution in [3.05, 3.63) is 64.7 Å². The number of rotatable bonds is 5. The summed E-state index contributed by atoms with van der Waals surface area (Å²) in [7, 11) is 0.